The predicted octanol–water partition coefficient (Wildman–Crippen LogP) is 4.30. The van der Waals surface area contributed by atoms with Crippen LogP contribution >= 0.6 is 0 Å². The van der Waals surface area contributed by atoms with Gasteiger partial charge in [-0.05, 0) is 53.6 Å². The van der Waals surface area contributed by atoms with E-state index in [-0.39, 0.29) is 30.9 Å². The molecule has 0 radical (unpaired) electrons. The highest BCUT2D eigenvalue weighted by Gasteiger charge is 2.31. The Morgan fingerprint density at radius 2 is 1.63 bits per heavy atom. The van der Waals surface area contributed by atoms with Crippen molar-refractivity contribution in [1.29, 1.82) is 0 Å². The second-order valence-corrected chi connectivity index (χ2v) is 8.96. The average molecular weight is 475 g/mol. The van der Waals surface area contributed by atoms with Crippen LogP contribution in [0.5, 0.6) is 0 Å². The molecule has 0 saturated heterocycles. The first-order chi connectivity index (χ1) is 17.0. The minimum atomic E-state index is -0.832. The van der Waals surface area contributed by atoms with Gasteiger partial charge in [-0.1, -0.05) is 48.5 Å². The van der Waals surface area contributed by atoms with Gasteiger partial charge in [0, 0.05) is 12.0 Å². The van der Waals surface area contributed by atoms with E-state index in [0.717, 1.165) is 22.3 Å². The normalized spacial score (nSPS) is 18.5. The van der Waals surface area contributed by atoms with Crippen molar-refractivity contribution in [2.75, 3.05) is 6.61 Å². The van der Waals surface area contributed by atoms with Crippen molar-refractivity contribution in [3.63, 3.8) is 0 Å². The van der Waals surface area contributed by atoms with E-state index in [9.17, 15) is 14.4 Å². The first-order valence-electron chi connectivity index (χ1n) is 11.7. The van der Waals surface area contributed by atoms with Crippen LogP contribution in [0.25, 0.3) is 11.1 Å². The number of nitrogens with one attached hydrogen (secondary N) is 2. The van der Waals surface area contributed by atoms with Crippen molar-refractivity contribution in [2.24, 2.45) is 5.92 Å². The van der Waals surface area contributed by atoms with Crippen molar-refractivity contribution in [1.82, 2.24) is 10.6 Å². The number of hydrogen-bond acceptors (Lipinski definition) is 5. The zero-order valence-corrected chi connectivity index (χ0v) is 19.0. The van der Waals surface area contributed by atoms with Gasteiger partial charge < -0.3 is 24.9 Å². The third-order valence-corrected chi connectivity index (χ3v) is 6.75. The fraction of sp³-hybridized carbons (Fsp3) is 0.296. The van der Waals surface area contributed by atoms with E-state index in [1.165, 1.54) is 6.07 Å². The average Bonchev–Trinajstić information content (AvgIpc) is 3.59. The van der Waals surface area contributed by atoms with Crippen LogP contribution in [-0.4, -0.2) is 35.7 Å². The number of carboxylic acids is 1. The minimum absolute atomic E-state index is 0.0247. The summed E-state index contributed by atoms with van der Waals surface area (Å²) < 4.78 is 11.1. The van der Waals surface area contributed by atoms with Gasteiger partial charge in [-0.3, -0.25) is 9.59 Å². The fourth-order valence-corrected chi connectivity index (χ4v) is 5.00. The molecular formula is C27H26N2O6. The molecule has 2 aliphatic rings. The smallest absolute Gasteiger partial charge is 0.407 e. The standard InChI is InChI=1S/C27H26N2O6/c30-25(29-17-10-9-16(13-17)26(31)32)24-12-11-18(35-24)14-28-27(33)34-15-23-21-7-3-1-5-19(21)20-6-2-4-8-22(20)23/h1-8,11-12,16-17,23H,9-10,13-15H2,(H,28,33)(H,29,30)(H,31,32)/t16-,17+/m0/s1. The molecule has 0 spiro atoms. The molecule has 35 heavy (non-hydrogen) atoms. The fourth-order valence-electron chi connectivity index (χ4n) is 5.00. The summed E-state index contributed by atoms with van der Waals surface area (Å²) in [6.45, 7) is 0.291. The number of carbonyl (C=O) groups excluding carboxylic acids is 2. The van der Waals surface area contributed by atoms with Crippen LogP contribution in [0, 0.1) is 5.92 Å². The number of benzene rings is 2. The third kappa shape index (κ3) is 4.77. The molecule has 3 N–H and O–H groups in total. The van der Waals surface area contributed by atoms with Gasteiger partial charge in [0.2, 0.25) is 0 Å². The number of carboxylic acid groups (broad SMARTS) is 1. The van der Waals surface area contributed by atoms with Gasteiger partial charge in [0.15, 0.2) is 5.76 Å². The van der Waals surface area contributed by atoms with Gasteiger partial charge in [0.25, 0.3) is 5.91 Å². The predicted molar refractivity (Wildman–Crippen MR) is 127 cm³/mol. The second kappa shape index (κ2) is 9.66. The Morgan fingerprint density at radius 1 is 0.943 bits per heavy atom. The Morgan fingerprint density at radius 3 is 2.29 bits per heavy atom. The molecule has 1 aromatic heterocycles. The maximum Gasteiger partial charge on any atom is 0.407 e. The number of hydrogen-bond donors (Lipinski definition) is 3. The molecule has 5 rings (SSSR count). The van der Waals surface area contributed by atoms with Gasteiger partial charge in [0.1, 0.15) is 12.4 Å². The van der Waals surface area contributed by atoms with Crippen molar-refractivity contribution >= 4 is 18.0 Å². The van der Waals surface area contributed by atoms with E-state index in [1.807, 2.05) is 24.3 Å². The molecule has 180 valence electrons. The number of amides is 2. The summed E-state index contributed by atoms with van der Waals surface area (Å²) in [7, 11) is 0. The zero-order valence-electron chi connectivity index (χ0n) is 19.0. The first kappa shape index (κ1) is 22.7. The molecular weight excluding hydrogens is 448 g/mol. The summed E-state index contributed by atoms with van der Waals surface area (Å²) in [6, 6.07) is 19.2. The van der Waals surface area contributed by atoms with Crippen LogP contribution in [0.15, 0.2) is 65.1 Å². The number of carbonyl (C=O) groups is 3. The van der Waals surface area contributed by atoms with Crippen molar-refractivity contribution in [3.05, 3.63) is 83.3 Å². The largest absolute Gasteiger partial charge is 0.481 e. The third-order valence-electron chi connectivity index (χ3n) is 6.75. The van der Waals surface area contributed by atoms with Gasteiger partial charge in [0.05, 0.1) is 12.5 Å². The lowest BCUT2D eigenvalue weighted by molar-refractivity contribution is -0.141. The zero-order chi connectivity index (χ0) is 24.4. The molecule has 0 bridgehead atoms. The number of ether oxygens (including phenoxy) is 1. The molecule has 1 fully saturated rings. The van der Waals surface area contributed by atoms with Crippen molar-refractivity contribution in [2.45, 2.75) is 37.8 Å². The van der Waals surface area contributed by atoms with Crippen LogP contribution in [-0.2, 0) is 16.1 Å². The van der Waals surface area contributed by atoms with Gasteiger partial charge in [-0.2, -0.15) is 0 Å². The van der Waals surface area contributed by atoms with Crippen LogP contribution < -0.4 is 10.6 Å². The lowest BCUT2D eigenvalue weighted by Crippen LogP contribution is -2.33. The minimum Gasteiger partial charge on any atom is -0.481 e. The highest BCUT2D eigenvalue weighted by atomic mass is 16.5. The van der Waals surface area contributed by atoms with Gasteiger partial charge in [-0.25, -0.2) is 4.79 Å². The lowest BCUT2D eigenvalue weighted by Gasteiger charge is -2.14. The molecule has 2 aliphatic carbocycles. The van der Waals surface area contributed by atoms with Crippen LogP contribution in [0.1, 0.15) is 52.6 Å². The maximum atomic E-state index is 12.4. The Labute approximate surface area is 202 Å². The molecule has 1 saturated carbocycles. The number of rotatable bonds is 7. The molecule has 2 amide bonds. The Kier molecular flexibility index (Phi) is 6.27. The molecule has 8 nitrogen and oxygen atoms in total. The number of furan rings is 1. The summed E-state index contributed by atoms with van der Waals surface area (Å²) >= 11 is 0. The van der Waals surface area contributed by atoms with E-state index in [0.29, 0.717) is 25.0 Å². The van der Waals surface area contributed by atoms with Crippen LogP contribution in [0.3, 0.4) is 0 Å². The molecule has 0 unspecified atom stereocenters. The van der Waals surface area contributed by atoms with E-state index < -0.39 is 23.9 Å². The summed E-state index contributed by atoms with van der Waals surface area (Å²) in [6.07, 6.45) is 1.02. The van der Waals surface area contributed by atoms with E-state index in [2.05, 4.69) is 34.9 Å². The summed E-state index contributed by atoms with van der Waals surface area (Å²) in [5, 5.41) is 14.6. The summed E-state index contributed by atoms with van der Waals surface area (Å²) in [5.74, 6) is -1.14. The molecule has 8 heteroatoms. The Bertz CT molecular complexity index is 1220. The molecule has 2 atom stereocenters. The van der Waals surface area contributed by atoms with E-state index in [4.69, 9.17) is 14.3 Å². The topological polar surface area (TPSA) is 118 Å². The van der Waals surface area contributed by atoms with Gasteiger partial charge in [-0.15, -0.1) is 0 Å². The van der Waals surface area contributed by atoms with Crippen molar-refractivity contribution < 1.29 is 28.6 Å². The highest BCUT2D eigenvalue weighted by Crippen LogP contribution is 2.44. The Balaban J connectivity index is 1.12. The molecule has 0 aliphatic heterocycles. The van der Waals surface area contributed by atoms with Crippen LogP contribution in [0.2, 0.25) is 0 Å². The highest BCUT2D eigenvalue weighted by molar-refractivity contribution is 5.91. The lowest BCUT2D eigenvalue weighted by atomic mass is 9.98. The number of aliphatic carboxylic acids is 1. The Hall–Kier alpha value is -4.07. The maximum absolute atomic E-state index is 12.4. The monoisotopic (exact) mass is 474 g/mol. The SMILES string of the molecule is O=C(NCc1ccc(C(=O)N[C@@H]2CC[C@H](C(=O)O)C2)o1)OCC1c2ccccc2-c2ccccc21. The van der Waals surface area contributed by atoms with Crippen LogP contribution in [0.4, 0.5) is 4.79 Å². The summed E-state index contributed by atoms with van der Waals surface area (Å²) in [4.78, 5) is 35.9. The number of fused-ring (bicyclic) bond motifs is 3. The second-order valence-electron chi connectivity index (χ2n) is 8.96. The van der Waals surface area contributed by atoms with E-state index in [1.54, 1.807) is 6.07 Å². The molecule has 1 heterocycles. The molecule has 3 aromatic rings. The summed E-state index contributed by atoms with van der Waals surface area (Å²) in [5.41, 5.74) is 4.60. The molecule has 2 aromatic carbocycles. The number of alkyl carbamates (subject to hydrolysis) is 1. The first-order valence-corrected chi connectivity index (χ1v) is 11.7. The van der Waals surface area contributed by atoms with Crippen molar-refractivity contribution in [3.8, 4) is 11.1 Å². The van der Waals surface area contributed by atoms with Gasteiger partial charge >= 0.3 is 12.1 Å². The van der Waals surface area contributed by atoms with E-state index >= 15 is 0 Å². The quantitative estimate of drug-likeness (QED) is 0.470.